The maximum absolute atomic E-state index is 12.0. The number of amides is 1. The fourth-order valence-corrected chi connectivity index (χ4v) is 2.48. The van der Waals surface area contributed by atoms with E-state index in [1.54, 1.807) is 0 Å². The number of hydrogen-bond acceptors (Lipinski definition) is 5. The van der Waals surface area contributed by atoms with Crippen LogP contribution in [0, 0.1) is 5.41 Å². The topological polar surface area (TPSA) is 95.6 Å². The second-order valence-corrected chi connectivity index (χ2v) is 6.38. The zero-order chi connectivity index (χ0) is 15.3. The molecular weight excluding hydrogens is 300 g/mol. The van der Waals surface area contributed by atoms with Gasteiger partial charge in [0.1, 0.15) is 0 Å². The quantitative estimate of drug-likeness (QED) is 0.477. The van der Waals surface area contributed by atoms with Gasteiger partial charge in [-0.05, 0) is 24.0 Å². The summed E-state index contributed by atoms with van der Waals surface area (Å²) < 4.78 is 0. The van der Waals surface area contributed by atoms with Crippen LogP contribution in [0.15, 0.2) is 12.1 Å². The van der Waals surface area contributed by atoms with E-state index in [1.165, 1.54) is 24.1 Å². The molecular formula is C13H19ClN2O3S. The summed E-state index contributed by atoms with van der Waals surface area (Å²) in [7, 11) is 0. The molecule has 5 nitrogen and oxygen atoms in total. The number of nitrogens with one attached hydrogen (secondary N) is 1. The van der Waals surface area contributed by atoms with Gasteiger partial charge in [-0.15, -0.1) is 0 Å². The van der Waals surface area contributed by atoms with Gasteiger partial charge >= 0.3 is 0 Å². The van der Waals surface area contributed by atoms with Crippen LogP contribution in [-0.2, 0) is 0 Å². The van der Waals surface area contributed by atoms with Crippen LogP contribution in [0.1, 0.15) is 30.6 Å². The fraction of sp³-hybridized carbons (Fsp3) is 0.462. The first kappa shape index (κ1) is 16.9. The number of nitrogens with two attached hydrogens (primary N) is 1. The summed E-state index contributed by atoms with van der Waals surface area (Å²) in [4.78, 5) is 12.0. The standard InChI is InChI=1S/C13H19ClN2O3S/c1-13(2,5-6-20-15)7-16-12(19)8-3-4-9(17)11(18)10(8)14/h3-4,17-18H,5-7,15H2,1-2H3,(H,16,19). The molecule has 20 heavy (non-hydrogen) atoms. The molecule has 1 aromatic rings. The molecule has 0 unspecified atom stereocenters. The zero-order valence-corrected chi connectivity index (χ0v) is 13.0. The van der Waals surface area contributed by atoms with E-state index in [2.05, 4.69) is 5.32 Å². The van der Waals surface area contributed by atoms with Gasteiger partial charge in [0.25, 0.3) is 5.91 Å². The van der Waals surface area contributed by atoms with Crippen molar-refractivity contribution in [3.05, 3.63) is 22.7 Å². The molecule has 0 spiro atoms. The smallest absolute Gasteiger partial charge is 0.252 e. The minimum Gasteiger partial charge on any atom is -0.504 e. The summed E-state index contributed by atoms with van der Waals surface area (Å²) >= 11 is 7.11. The molecule has 0 aromatic heterocycles. The van der Waals surface area contributed by atoms with Gasteiger partial charge in [-0.25, -0.2) is 0 Å². The second kappa shape index (κ2) is 7.06. The Morgan fingerprint density at radius 1 is 1.45 bits per heavy atom. The molecule has 0 atom stereocenters. The molecule has 1 aromatic carbocycles. The molecule has 0 aliphatic heterocycles. The molecule has 0 heterocycles. The summed E-state index contributed by atoms with van der Waals surface area (Å²) in [5.74, 6) is -0.424. The predicted octanol–water partition coefficient (Wildman–Crippen LogP) is 2.50. The number of phenols is 2. The van der Waals surface area contributed by atoms with E-state index < -0.39 is 11.7 Å². The molecule has 1 amide bonds. The zero-order valence-electron chi connectivity index (χ0n) is 11.4. The van der Waals surface area contributed by atoms with Crippen LogP contribution in [0.25, 0.3) is 0 Å². The Hall–Kier alpha value is -1.11. The first-order valence-corrected chi connectivity index (χ1v) is 7.51. The Morgan fingerprint density at radius 3 is 2.70 bits per heavy atom. The van der Waals surface area contributed by atoms with Gasteiger partial charge in [0.15, 0.2) is 11.5 Å². The van der Waals surface area contributed by atoms with Gasteiger partial charge in [-0.1, -0.05) is 37.4 Å². The van der Waals surface area contributed by atoms with Gasteiger partial charge in [0.05, 0.1) is 10.6 Å². The third kappa shape index (κ3) is 4.47. The number of carbonyl (C=O) groups excluding carboxylic acids is 1. The average Bonchev–Trinajstić information content (AvgIpc) is 2.40. The van der Waals surface area contributed by atoms with Crippen LogP contribution in [0.4, 0.5) is 0 Å². The van der Waals surface area contributed by atoms with Crippen molar-refractivity contribution in [2.75, 3.05) is 12.3 Å². The number of phenolic OH excluding ortho intramolecular Hbond substituents is 2. The molecule has 7 heteroatoms. The number of aromatic hydroxyl groups is 2. The highest BCUT2D eigenvalue weighted by molar-refractivity contribution is 7.97. The van der Waals surface area contributed by atoms with Crippen molar-refractivity contribution in [3.8, 4) is 11.5 Å². The van der Waals surface area contributed by atoms with Gasteiger partial charge in [-0.2, -0.15) is 0 Å². The minimum atomic E-state index is -0.488. The minimum absolute atomic E-state index is 0.0898. The normalized spacial score (nSPS) is 11.4. The molecule has 0 fully saturated rings. The summed E-state index contributed by atoms with van der Waals surface area (Å²) in [6.07, 6.45) is 0.864. The lowest BCUT2D eigenvalue weighted by Crippen LogP contribution is -2.34. The van der Waals surface area contributed by atoms with Gasteiger partial charge < -0.3 is 15.5 Å². The van der Waals surface area contributed by atoms with E-state index in [0.717, 1.165) is 12.2 Å². The highest BCUT2D eigenvalue weighted by Gasteiger charge is 2.21. The van der Waals surface area contributed by atoms with E-state index in [4.69, 9.17) is 16.7 Å². The summed E-state index contributed by atoms with van der Waals surface area (Å²) in [5, 5.41) is 26.8. The largest absolute Gasteiger partial charge is 0.504 e. The average molecular weight is 319 g/mol. The van der Waals surface area contributed by atoms with Crippen molar-refractivity contribution >= 4 is 29.5 Å². The molecule has 0 saturated carbocycles. The molecule has 0 aliphatic carbocycles. The Labute approximate surface area is 127 Å². The van der Waals surface area contributed by atoms with Crippen molar-refractivity contribution in [2.45, 2.75) is 20.3 Å². The SMILES string of the molecule is CC(C)(CCSN)CNC(=O)c1ccc(O)c(O)c1Cl. The van der Waals surface area contributed by atoms with Crippen molar-refractivity contribution in [2.24, 2.45) is 10.6 Å². The lowest BCUT2D eigenvalue weighted by molar-refractivity contribution is 0.0935. The van der Waals surface area contributed by atoms with E-state index in [0.29, 0.717) is 6.54 Å². The van der Waals surface area contributed by atoms with Crippen LogP contribution >= 0.6 is 23.5 Å². The summed E-state index contributed by atoms with van der Waals surface area (Å²) in [6, 6.07) is 2.60. The lowest BCUT2D eigenvalue weighted by Gasteiger charge is -2.24. The third-order valence-electron chi connectivity index (χ3n) is 2.96. The molecule has 0 aliphatic rings. The molecule has 112 valence electrons. The number of hydrogen-bond donors (Lipinski definition) is 4. The van der Waals surface area contributed by atoms with E-state index in [-0.39, 0.29) is 21.8 Å². The lowest BCUT2D eigenvalue weighted by atomic mass is 9.90. The van der Waals surface area contributed by atoms with Crippen molar-refractivity contribution in [1.82, 2.24) is 5.32 Å². The van der Waals surface area contributed by atoms with Gasteiger partial charge in [0.2, 0.25) is 0 Å². The maximum Gasteiger partial charge on any atom is 0.252 e. The van der Waals surface area contributed by atoms with Gasteiger partial charge in [0, 0.05) is 12.3 Å². The van der Waals surface area contributed by atoms with Crippen LogP contribution in [0.5, 0.6) is 11.5 Å². The summed E-state index contributed by atoms with van der Waals surface area (Å²) in [6.45, 7) is 4.52. The monoisotopic (exact) mass is 318 g/mol. The predicted molar refractivity (Wildman–Crippen MR) is 82.2 cm³/mol. The molecule has 5 N–H and O–H groups in total. The van der Waals surface area contributed by atoms with Crippen molar-refractivity contribution in [1.29, 1.82) is 0 Å². The Balaban J connectivity index is 2.71. The van der Waals surface area contributed by atoms with Crippen LogP contribution in [-0.4, -0.2) is 28.4 Å². The van der Waals surface area contributed by atoms with Crippen molar-refractivity contribution < 1.29 is 15.0 Å². The Morgan fingerprint density at radius 2 is 2.10 bits per heavy atom. The van der Waals surface area contributed by atoms with Crippen LogP contribution < -0.4 is 10.5 Å². The number of rotatable bonds is 6. The van der Waals surface area contributed by atoms with Crippen LogP contribution in [0.2, 0.25) is 5.02 Å². The highest BCUT2D eigenvalue weighted by Crippen LogP contribution is 2.35. The molecule has 0 saturated heterocycles. The Kier molecular flexibility index (Phi) is 5.98. The fourth-order valence-electron chi connectivity index (χ4n) is 1.57. The van der Waals surface area contributed by atoms with E-state index in [9.17, 15) is 15.0 Å². The third-order valence-corrected chi connectivity index (χ3v) is 3.79. The first-order valence-electron chi connectivity index (χ1n) is 6.09. The van der Waals surface area contributed by atoms with E-state index >= 15 is 0 Å². The number of halogens is 1. The Bertz CT molecular complexity index is 495. The highest BCUT2D eigenvalue weighted by atomic mass is 35.5. The first-order chi connectivity index (χ1) is 9.28. The molecule has 1 rings (SSSR count). The van der Waals surface area contributed by atoms with Crippen LogP contribution in [0.3, 0.4) is 0 Å². The second-order valence-electron chi connectivity index (χ2n) is 5.26. The number of carbonyl (C=O) groups is 1. The number of benzene rings is 1. The maximum atomic E-state index is 12.0. The molecule has 0 bridgehead atoms. The van der Waals surface area contributed by atoms with Crippen molar-refractivity contribution in [3.63, 3.8) is 0 Å². The van der Waals surface area contributed by atoms with E-state index in [1.807, 2.05) is 13.8 Å². The van der Waals surface area contributed by atoms with Gasteiger partial charge in [-0.3, -0.25) is 9.93 Å². The summed E-state index contributed by atoms with van der Waals surface area (Å²) in [5.41, 5.74) is 0.0407. The molecule has 0 radical (unpaired) electrons.